The Morgan fingerprint density at radius 1 is 1.11 bits per heavy atom. The Morgan fingerprint density at radius 3 is 2.37 bits per heavy atom. The summed E-state index contributed by atoms with van der Waals surface area (Å²) in [5.74, 6) is -0.176. The van der Waals surface area contributed by atoms with Gasteiger partial charge in [-0.15, -0.1) is 0 Å². The Kier molecular flexibility index (Phi) is 10.7. The van der Waals surface area contributed by atoms with Gasteiger partial charge in [-0.1, -0.05) is 85.1 Å². The number of thiocarbonyl (C=S) groups is 1. The lowest BCUT2D eigenvalue weighted by Gasteiger charge is -2.28. The van der Waals surface area contributed by atoms with Crippen LogP contribution in [0.25, 0.3) is 0 Å². The highest BCUT2D eigenvalue weighted by atomic mass is 35.6. The maximum Gasteiger partial charge on any atom is 0.228 e. The number of unbranched alkanes of at least 4 members (excludes halogenated alkanes) is 4. The van der Waals surface area contributed by atoms with Gasteiger partial charge in [0, 0.05) is 12.1 Å². The fourth-order valence-corrected chi connectivity index (χ4v) is 3.12. The standard InChI is InChI=1S/C19H28Cl3N3OS/c1-4-5-6-7-8-9-16(26)24-17(19(20,21)22)25-18(27)23-15-11-10-13(2)12-14(15)3/h10-12,17H,4-9H2,1-3H3,(H,24,26)(H2,23,25,27)/t17-/m0/s1. The fourth-order valence-electron chi connectivity index (χ4n) is 2.57. The lowest BCUT2D eigenvalue weighted by atomic mass is 10.1. The second-order valence-electron chi connectivity index (χ2n) is 6.62. The summed E-state index contributed by atoms with van der Waals surface area (Å²) < 4.78 is -1.74. The average Bonchev–Trinajstić information content (AvgIpc) is 2.56. The normalized spacial score (nSPS) is 12.4. The van der Waals surface area contributed by atoms with Gasteiger partial charge < -0.3 is 16.0 Å². The second-order valence-corrected chi connectivity index (χ2v) is 9.40. The summed E-state index contributed by atoms with van der Waals surface area (Å²) in [6, 6.07) is 5.94. The van der Waals surface area contributed by atoms with Crippen LogP contribution in [0.3, 0.4) is 0 Å². The van der Waals surface area contributed by atoms with Gasteiger partial charge in [0.1, 0.15) is 6.17 Å². The van der Waals surface area contributed by atoms with Crippen LogP contribution >= 0.6 is 47.0 Å². The van der Waals surface area contributed by atoms with Crippen molar-refractivity contribution in [2.75, 3.05) is 5.32 Å². The molecule has 0 fully saturated rings. The van der Waals surface area contributed by atoms with E-state index in [0.717, 1.165) is 42.5 Å². The van der Waals surface area contributed by atoms with Crippen molar-refractivity contribution in [1.29, 1.82) is 0 Å². The van der Waals surface area contributed by atoms with Gasteiger partial charge in [-0.05, 0) is 44.1 Å². The zero-order valence-corrected chi connectivity index (χ0v) is 19.1. The van der Waals surface area contributed by atoms with E-state index in [-0.39, 0.29) is 11.0 Å². The minimum absolute atomic E-state index is 0.176. The van der Waals surface area contributed by atoms with Gasteiger partial charge in [0.2, 0.25) is 9.70 Å². The zero-order chi connectivity index (χ0) is 20.4. The van der Waals surface area contributed by atoms with Crippen molar-refractivity contribution in [1.82, 2.24) is 10.6 Å². The summed E-state index contributed by atoms with van der Waals surface area (Å²) in [5.41, 5.74) is 3.05. The van der Waals surface area contributed by atoms with Crippen molar-refractivity contribution >= 4 is 63.7 Å². The number of carbonyl (C=O) groups excluding carboxylic acids is 1. The first-order chi connectivity index (χ1) is 12.6. The van der Waals surface area contributed by atoms with E-state index in [1.54, 1.807) is 0 Å². The number of hydrogen-bond acceptors (Lipinski definition) is 2. The van der Waals surface area contributed by atoms with Crippen LogP contribution in [0.1, 0.15) is 56.6 Å². The molecule has 0 unspecified atom stereocenters. The fraction of sp³-hybridized carbons (Fsp3) is 0.579. The van der Waals surface area contributed by atoms with Gasteiger partial charge in [0.05, 0.1) is 0 Å². The van der Waals surface area contributed by atoms with Crippen molar-refractivity contribution in [3.8, 4) is 0 Å². The average molecular weight is 453 g/mol. The molecule has 0 aliphatic rings. The molecule has 1 aromatic carbocycles. The number of hydrogen-bond donors (Lipinski definition) is 3. The molecule has 0 aromatic heterocycles. The molecule has 4 nitrogen and oxygen atoms in total. The summed E-state index contributed by atoms with van der Waals surface area (Å²) in [6.07, 6.45) is 4.74. The van der Waals surface area contributed by atoms with Gasteiger partial charge >= 0.3 is 0 Å². The minimum atomic E-state index is -1.74. The van der Waals surface area contributed by atoms with Crippen LogP contribution in [-0.2, 0) is 4.79 Å². The lowest BCUT2D eigenvalue weighted by molar-refractivity contribution is -0.122. The first-order valence-electron chi connectivity index (χ1n) is 9.14. The number of anilines is 1. The molecule has 1 amide bonds. The van der Waals surface area contributed by atoms with Crippen LogP contribution in [0.5, 0.6) is 0 Å². The van der Waals surface area contributed by atoms with Crippen LogP contribution in [0, 0.1) is 13.8 Å². The highest BCUT2D eigenvalue weighted by Gasteiger charge is 2.34. The van der Waals surface area contributed by atoms with Gasteiger partial charge in [0.25, 0.3) is 0 Å². The van der Waals surface area contributed by atoms with Gasteiger partial charge in [-0.3, -0.25) is 4.79 Å². The Labute approximate surface area is 182 Å². The van der Waals surface area contributed by atoms with E-state index in [9.17, 15) is 4.79 Å². The van der Waals surface area contributed by atoms with Crippen molar-refractivity contribution in [2.24, 2.45) is 0 Å². The molecular formula is C19H28Cl3N3OS. The number of halogens is 3. The van der Waals surface area contributed by atoms with Crippen molar-refractivity contribution in [3.05, 3.63) is 29.3 Å². The molecule has 0 aliphatic heterocycles. The predicted octanol–water partition coefficient (Wildman–Crippen LogP) is 5.76. The third kappa shape index (κ3) is 9.84. The Bertz CT molecular complexity index is 635. The molecular weight excluding hydrogens is 425 g/mol. The third-order valence-electron chi connectivity index (χ3n) is 4.05. The number of nitrogens with one attached hydrogen (secondary N) is 3. The lowest BCUT2D eigenvalue weighted by Crippen LogP contribution is -2.56. The molecule has 0 radical (unpaired) electrons. The van der Waals surface area contributed by atoms with E-state index in [1.165, 1.54) is 6.42 Å². The Hall–Kier alpha value is -0.750. The number of aryl methyl sites for hydroxylation is 2. The van der Waals surface area contributed by atoms with Crippen molar-refractivity contribution < 1.29 is 4.79 Å². The first kappa shape index (κ1) is 24.3. The SMILES string of the molecule is CCCCCCCC(=O)N[C@@H](NC(=S)Nc1ccc(C)cc1C)C(Cl)(Cl)Cl. The number of carbonyl (C=O) groups is 1. The van der Waals surface area contributed by atoms with E-state index in [4.69, 9.17) is 47.0 Å². The van der Waals surface area contributed by atoms with Crippen LogP contribution in [-0.4, -0.2) is 21.0 Å². The highest BCUT2D eigenvalue weighted by Crippen LogP contribution is 2.29. The number of amides is 1. The molecule has 0 saturated heterocycles. The summed E-state index contributed by atoms with van der Waals surface area (Å²) in [4.78, 5) is 12.2. The maximum atomic E-state index is 12.2. The Balaban J connectivity index is 2.58. The quantitative estimate of drug-likeness (QED) is 0.193. The van der Waals surface area contributed by atoms with E-state index < -0.39 is 9.96 Å². The highest BCUT2D eigenvalue weighted by molar-refractivity contribution is 7.80. The molecule has 0 saturated carbocycles. The molecule has 3 N–H and O–H groups in total. The minimum Gasteiger partial charge on any atom is -0.339 e. The van der Waals surface area contributed by atoms with Gasteiger partial charge in [-0.25, -0.2) is 0 Å². The van der Waals surface area contributed by atoms with Crippen LogP contribution in [0.2, 0.25) is 0 Å². The van der Waals surface area contributed by atoms with E-state index in [0.29, 0.717) is 6.42 Å². The second kappa shape index (κ2) is 11.9. The monoisotopic (exact) mass is 451 g/mol. The summed E-state index contributed by atoms with van der Waals surface area (Å²) in [6.45, 7) is 6.15. The molecule has 1 rings (SSSR count). The smallest absolute Gasteiger partial charge is 0.228 e. The molecule has 0 heterocycles. The molecule has 1 atom stereocenters. The predicted molar refractivity (Wildman–Crippen MR) is 121 cm³/mol. The van der Waals surface area contributed by atoms with Gasteiger partial charge in [0.15, 0.2) is 5.11 Å². The molecule has 152 valence electrons. The van der Waals surface area contributed by atoms with Crippen LogP contribution < -0.4 is 16.0 Å². The third-order valence-corrected chi connectivity index (χ3v) is 4.92. The summed E-state index contributed by atoms with van der Waals surface area (Å²) in [5, 5.41) is 8.93. The molecule has 1 aromatic rings. The van der Waals surface area contributed by atoms with Crippen LogP contribution in [0.15, 0.2) is 18.2 Å². The molecule has 8 heteroatoms. The zero-order valence-electron chi connectivity index (χ0n) is 16.0. The molecule has 0 aliphatic carbocycles. The number of rotatable bonds is 9. The number of benzene rings is 1. The van der Waals surface area contributed by atoms with Crippen LogP contribution in [0.4, 0.5) is 5.69 Å². The largest absolute Gasteiger partial charge is 0.339 e. The molecule has 0 spiro atoms. The summed E-state index contributed by atoms with van der Waals surface area (Å²) in [7, 11) is 0. The molecule has 0 bridgehead atoms. The number of alkyl halides is 3. The topological polar surface area (TPSA) is 53.2 Å². The van der Waals surface area contributed by atoms with Crippen molar-refractivity contribution in [2.45, 2.75) is 69.3 Å². The Morgan fingerprint density at radius 2 is 1.78 bits per heavy atom. The molecule has 27 heavy (non-hydrogen) atoms. The van der Waals surface area contributed by atoms with E-state index >= 15 is 0 Å². The maximum absolute atomic E-state index is 12.2. The van der Waals surface area contributed by atoms with E-state index in [1.807, 2.05) is 32.0 Å². The van der Waals surface area contributed by atoms with Gasteiger partial charge in [-0.2, -0.15) is 0 Å². The first-order valence-corrected chi connectivity index (χ1v) is 10.7. The van der Waals surface area contributed by atoms with E-state index in [2.05, 4.69) is 22.9 Å². The van der Waals surface area contributed by atoms with Crippen molar-refractivity contribution in [3.63, 3.8) is 0 Å². The summed E-state index contributed by atoms with van der Waals surface area (Å²) >= 11 is 23.3.